The van der Waals surface area contributed by atoms with Gasteiger partial charge < -0.3 is 16.4 Å². The first kappa shape index (κ1) is 17.7. The van der Waals surface area contributed by atoms with E-state index >= 15 is 0 Å². The van der Waals surface area contributed by atoms with Crippen molar-refractivity contribution in [3.05, 3.63) is 0 Å². The van der Waals surface area contributed by atoms with Crippen molar-refractivity contribution in [1.82, 2.24) is 15.5 Å². The standard InChI is InChI=1S/C13H22N4O3.ClH/c1-8(14)5-6-15-10(18)7-17-11(19)13(2,9-3-4-9)16-12(17)20;/h8-9H,3-7,14H2,1-2H3,(H,15,18)(H,16,20);1H. The van der Waals surface area contributed by atoms with Gasteiger partial charge in [0.1, 0.15) is 12.1 Å². The van der Waals surface area contributed by atoms with Crippen LogP contribution in [0, 0.1) is 5.92 Å². The Labute approximate surface area is 130 Å². The fraction of sp³-hybridized carbons (Fsp3) is 0.769. The van der Waals surface area contributed by atoms with Crippen molar-refractivity contribution in [3.63, 3.8) is 0 Å². The molecular formula is C13H23ClN4O3. The molecule has 2 fully saturated rings. The predicted molar refractivity (Wildman–Crippen MR) is 79.9 cm³/mol. The summed E-state index contributed by atoms with van der Waals surface area (Å²) >= 11 is 0. The molecule has 2 unspecified atom stereocenters. The number of nitrogens with zero attached hydrogens (tertiary/aromatic N) is 1. The number of amides is 4. The lowest BCUT2D eigenvalue weighted by Gasteiger charge is -2.20. The lowest BCUT2D eigenvalue weighted by Crippen LogP contribution is -2.47. The van der Waals surface area contributed by atoms with Crippen molar-refractivity contribution in [3.8, 4) is 0 Å². The molecule has 4 amide bonds. The van der Waals surface area contributed by atoms with Crippen LogP contribution >= 0.6 is 12.4 Å². The highest BCUT2D eigenvalue weighted by molar-refractivity contribution is 6.09. The van der Waals surface area contributed by atoms with Crippen LogP contribution in [0.1, 0.15) is 33.1 Å². The molecule has 1 aliphatic heterocycles. The van der Waals surface area contributed by atoms with Crippen molar-refractivity contribution in [2.24, 2.45) is 11.7 Å². The quantitative estimate of drug-likeness (QED) is 0.599. The van der Waals surface area contributed by atoms with Crippen molar-refractivity contribution in [1.29, 1.82) is 0 Å². The Kier molecular flexibility index (Phi) is 5.58. The molecule has 0 radical (unpaired) electrons. The first-order valence-electron chi connectivity index (χ1n) is 7.01. The van der Waals surface area contributed by atoms with Gasteiger partial charge >= 0.3 is 6.03 Å². The molecule has 0 aromatic carbocycles. The van der Waals surface area contributed by atoms with Crippen LogP contribution in [0.5, 0.6) is 0 Å². The third-order valence-corrected chi connectivity index (χ3v) is 3.92. The van der Waals surface area contributed by atoms with Crippen LogP contribution in [-0.2, 0) is 9.59 Å². The zero-order chi connectivity index (χ0) is 14.9. The Bertz CT molecular complexity index is 439. The van der Waals surface area contributed by atoms with Crippen molar-refractivity contribution >= 4 is 30.3 Å². The fourth-order valence-corrected chi connectivity index (χ4v) is 2.44. The predicted octanol–water partition coefficient (Wildman–Crippen LogP) is -0.0178. The molecule has 1 saturated heterocycles. The number of imide groups is 1. The monoisotopic (exact) mass is 318 g/mol. The number of carbonyl (C=O) groups is 3. The molecule has 1 saturated carbocycles. The van der Waals surface area contributed by atoms with Gasteiger partial charge in [-0.3, -0.25) is 14.5 Å². The van der Waals surface area contributed by atoms with E-state index in [9.17, 15) is 14.4 Å². The van der Waals surface area contributed by atoms with Gasteiger partial charge in [-0.1, -0.05) is 0 Å². The number of carbonyl (C=O) groups excluding carboxylic acids is 3. The molecule has 2 rings (SSSR count). The highest BCUT2D eigenvalue weighted by Crippen LogP contribution is 2.42. The van der Waals surface area contributed by atoms with Crippen LogP contribution in [0.3, 0.4) is 0 Å². The Balaban J connectivity index is 0.00000220. The summed E-state index contributed by atoms with van der Waals surface area (Å²) < 4.78 is 0. The molecule has 4 N–H and O–H groups in total. The second kappa shape index (κ2) is 6.62. The second-order valence-corrected chi connectivity index (χ2v) is 5.91. The van der Waals surface area contributed by atoms with E-state index in [-0.39, 0.29) is 42.7 Å². The molecule has 0 spiro atoms. The summed E-state index contributed by atoms with van der Waals surface area (Å²) in [6.45, 7) is 3.80. The molecule has 0 aromatic rings. The molecule has 1 aliphatic carbocycles. The van der Waals surface area contributed by atoms with Crippen LogP contribution < -0.4 is 16.4 Å². The molecule has 21 heavy (non-hydrogen) atoms. The van der Waals surface area contributed by atoms with Gasteiger partial charge in [0.2, 0.25) is 5.91 Å². The number of hydrogen-bond acceptors (Lipinski definition) is 4. The number of hydrogen-bond donors (Lipinski definition) is 3. The van der Waals surface area contributed by atoms with Gasteiger partial charge in [0, 0.05) is 12.6 Å². The van der Waals surface area contributed by atoms with Gasteiger partial charge in [0.05, 0.1) is 0 Å². The average Bonchev–Trinajstić information content (AvgIpc) is 3.15. The Morgan fingerprint density at radius 3 is 2.67 bits per heavy atom. The summed E-state index contributed by atoms with van der Waals surface area (Å²) in [6.07, 6.45) is 2.54. The van der Waals surface area contributed by atoms with E-state index in [0.29, 0.717) is 13.0 Å². The number of nitrogens with one attached hydrogen (secondary N) is 2. The van der Waals surface area contributed by atoms with E-state index in [1.54, 1.807) is 6.92 Å². The van der Waals surface area contributed by atoms with Crippen molar-refractivity contribution < 1.29 is 14.4 Å². The molecule has 2 aliphatic rings. The van der Waals surface area contributed by atoms with E-state index < -0.39 is 11.6 Å². The van der Waals surface area contributed by atoms with Gasteiger partial charge in [-0.2, -0.15) is 0 Å². The molecule has 0 bridgehead atoms. The fourth-order valence-electron chi connectivity index (χ4n) is 2.44. The summed E-state index contributed by atoms with van der Waals surface area (Å²) in [6, 6.07) is -0.475. The number of urea groups is 1. The summed E-state index contributed by atoms with van der Waals surface area (Å²) in [5.74, 6) is -0.438. The minimum atomic E-state index is -0.830. The van der Waals surface area contributed by atoms with E-state index in [1.165, 1.54) is 0 Å². The molecule has 1 heterocycles. The molecular weight excluding hydrogens is 296 g/mol. The summed E-state index contributed by atoms with van der Waals surface area (Å²) in [5.41, 5.74) is 4.75. The maximum Gasteiger partial charge on any atom is 0.325 e. The van der Waals surface area contributed by atoms with Crippen molar-refractivity contribution in [2.45, 2.75) is 44.7 Å². The Morgan fingerprint density at radius 2 is 2.14 bits per heavy atom. The maximum atomic E-state index is 12.3. The van der Waals surface area contributed by atoms with Crippen LogP contribution in [0.25, 0.3) is 0 Å². The van der Waals surface area contributed by atoms with Crippen LogP contribution in [-0.4, -0.2) is 47.4 Å². The van der Waals surface area contributed by atoms with E-state index in [2.05, 4.69) is 10.6 Å². The highest BCUT2D eigenvalue weighted by Gasteiger charge is 2.56. The van der Waals surface area contributed by atoms with Gasteiger partial charge in [0.25, 0.3) is 5.91 Å². The van der Waals surface area contributed by atoms with Gasteiger partial charge in [-0.15, -0.1) is 12.4 Å². The number of nitrogens with two attached hydrogens (primary N) is 1. The molecule has 0 aromatic heterocycles. The minimum absolute atomic E-state index is 0. The van der Waals surface area contributed by atoms with Gasteiger partial charge in [0.15, 0.2) is 0 Å². The smallest absolute Gasteiger partial charge is 0.325 e. The molecule has 7 nitrogen and oxygen atoms in total. The first-order valence-corrected chi connectivity index (χ1v) is 7.01. The number of halogens is 1. The summed E-state index contributed by atoms with van der Waals surface area (Å²) in [7, 11) is 0. The Morgan fingerprint density at radius 1 is 1.52 bits per heavy atom. The molecule has 120 valence electrons. The minimum Gasteiger partial charge on any atom is -0.354 e. The lowest BCUT2D eigenvalue weighted by molar-refractivity contribution is -0.135. The summed E-state index contributed by atoms with van der Waals surface area (Å²) in [4.78, 5) is 36.9. The zero-order valence-corrected chi connectivity index (χ0v) is 13.2. The summed E-state index contributed by atoms with van der Waals surface area (Å²) in [5, 5.41) is 5.37. The topological polar surface area (TPSA) is 105 Å². The van der Waals surface area contributed by atoms with Gasteiger partial charge in [-0.05, 0) is 39.0 Å². The van der Waals surface area contributed by atoms with Gasteiger partial charge in [-0.25, -0.2) is 4.79 Å². The van der Waals surface area contributed by atoms with Crippen LogP contribution in [0.15, 0.2) is 0 Å². The SMILES string of the molecule is CC(N)CCNC(=O)CN1C(=O)NC(C)(C2CC2)C1=O.Cl. The van der Waals surface area contributed by atoms with Crippen LogP contribution in [0.4, 0.5) is 4.79 Å². The van der Waals surface area contributed by atoms with Crippen molar-refractivity contribution in [2.75, 3.05) is 13.1 Å². The molecule has 8 heteroatoms. The van der Waals surface area contributed by atoms with Crippen LogP contribution in [0.2, 0.25) is 0 Å². The first-order chi connectivity index (χ1) is 9.34. The molecule has 2 atom stereocenters. The third-order valence-electron chi connectivity index (χ3n) is 3.92. The van der Waals surface area contributed by atoms with E-state index in [0.717, 1.165) is 17.7 Å². The number of rotatable bonds is 6. The normalized spacial score (nSPS) is 26.1. The van der Waals surface area contributed by atoms with E-state index in [1.807, 2.05) is 6.92 Å². The Hall–Kier alpha value is -1.34. The lowest BCUT2D eigenvalue weighted by atomic mass is 9.96. The second-order valence-electron chi connectivity index (χ2n) is 5.91. The highest BCUT2D eigenvalue weighted by atomic mass is 35.5. The van der Waals surface area contributed by atoms with E-state index in [4.69, 9.17) is 5.73 Å². The largest absolute Gasteiger partial charge is 0.354 e. The average molecular weight is 319 g/mol. The third kappa shape index (κ3) is 3.85. The zero-order valence-electron chi connectivity index (χ0n) is 12.3. The maximum absolute atomic E-state index is 12.3.